The summed E-state index contributed by atoms with van der Waals surface area (Å²) in [5.41, 5.74) is 4.27. The number of ether oxygens (including phenoxy) is 1. The van der Waals surface area contributed by atoms with Crippen molar-refractivity contribution in [2.24, 2.45) is 0 Å². The minimum atomic E-state index is -0.588. The average Bonchev–Trinajstić information content (AvgIpc) is 2.76. The minimum absolute atomic E-state index is 0.280. The molecule has 3 amide bonds. The first-order chi connectivity index (χ1) is 14.5. The van der Waals surface area contributed by atoms with Gasteiger partial charge in [-0.15, -0.1) is 0 Å². The molecule has 1 unspecified atom stereocenters. The largest absolute Gasteiger partial charge is 0.457 e. The van der Waals surface area contributed by atoms with E-state index in [0.29, 0.717) is 17.0 Å². The van der Waals surface area contributed by atoms with Gasteiger partial charge >= 0.3 is 6.03 Å². The molecule has 3 rings (SSSR count). The lowest BCUT2D eigenvalue weighted by molar-refractivity contribution is 0.0706. The van der Waals surface area contributed by atoms with Crippen molar-refractivity contribution in [2.45, 2.75) is 19.9 Å². The molecule has 0 saturated heterocycles. The molecule has 0 spiro atoms. The number of para-hydroxylation sites is 1. The lowest BCUT2D eigenvalue weighted by Gasteiger charge is -2.16. The Kier molecular flexibility index (Phi) is 6.67. The molecule has 3 aromatic carbocycles. The van der Waals surface area contributed by atoms with Gasteiger partial charge in [0.25, 0.3) is 5.91 Å². The Bertz CT molecular complexity index is 1020. The maximum Gasteiger partial charge on any atom is 0.319 e. The summed E-state index contributed by atoms with van der Waals surface area (Å²) in [6.07, 6.45) is 0. The van der Waals surface area contributed by atoms with Gasteiger partial charge in [-0.2, -0.15) is 0 Å². The fourth-order valence-corrected chi connectivity index (χ4v) is 2.89. The number of hydroxylamine groups is 1. The number of nitrogens with one attached hydrogen (secondary N) is 3. The fourth-order valence-electron chi connectivity index (χ4n) is 2.89. The van der Waals surface area contributed by atoms with Crippen LogP contribution in [0.15, 0.2) is 72.8 Å². The summed E-state index contributed by atoms with van der Waals surface area (Å²) in [7, 11) is 0. The molecular weight excluding hydrogens is 382 g/mol. The third-order valence-corrected chi connectivity index (χ3v) is 4.55. The molecule has 0 aliphatic carbocycles. The highest BCUT2D eigenvalue weighted by atomic mass is 16.5. The van der Waals surface area contributed by atoms with Crippen LogP contribution in [0, 0.1) is 6.92 Å². The molecule has 0 aliphatic rings. The van der Waals surface area contributed by atoms with Crippen molar-refractivity contribution in [3.63, 3.8) is 0 Å². The van der Waals surface area contributed by atoms with Gasteiger partial charge in [-0.1, -0.05) is 30.3 Å². The summed E-state index contributed by atoms with van der Waals surface area (Å²) >= 11 is 0. The second-order valence-corrected chi connectivity index (χ2v) is 6.77. The predicted octanol–water partition coefficient (Wildman–Crippen LogP) is 4.79. The Morgan fingerprint density at radius 2 is 1.63 bits per heavy atom. The Hall–Kier alpha value is -3.84. The van der Waals surface area contributed by atoms with E-state index in [1.54, 1.807) is 41.9 Å². The van der Waals surface area contributed by atoms with E-state index < -0.39 is 5.91 Å². The van der Waals surface area contributed by atoms with E-state index in [4.69, 9.17) is 9.94 Å². The van der Waals surface area contributed by atoms with Crippen molar-refractivity contribution in [3.05, 3.63) is 89.5 Å². The van der Waals surface area contributed by atoms with Gasteiger partial charge in [-0.25, -0.2) is 10.3 Å². The van der Waals surface area contributed by atoms with Gasteiger partial charge in [0.2, 0.25) is 0 Å². The molecule has 0 saturated carbocycles. The second kappa shape index (κ2) is 9.58. The summed E-state index contributed by atoms with van der Waals surface area (Å²) in [5, 5.41) is 14.4. The molecule has 4 N–H and O–H groups in total. The van der Waals surface area contributed by atoms with Crippen LogP contribution in [0.3, 0.4) is 0 Å². The van der Waals surface area contributed by atoms with Crippen molar-refractivity contribution < 1.29 is 19.5 Å². The van der Waals surface area contributed by atoms with Crippen LogP contribution < -0.4 is 20.9 Å². The van der Waals surface area contributed by atoms with Crippen molar-refractivity contribution in [1.82, 2.24) is 10.8 Å². The zero-order valence-electron chi connectivity index (χ0n) is 16.7. The number of benzene rings is 3. The molecule has 0 heterocycles. The van der Waals surface area contributed by atoms with Gasteiger partial charge in [-0.05, 0) is 67.4 Å². The average molecular weight is 405 g/mol. The van der Waals surface area contributed by atoms with E-state index in [1.807, 2.05) is 50.2 Å². The molecule has 7 nitrogen and oxygen atoms in total. The first kappa shape index (κ1) is 20.9. The van der Waals surface area contributed by atoms with E-state index in [1.165, 1.54) is 0 Å². The second-order valence-electron chi connectivity index (χ2n) is 6.77. The number of rotatable bonds is 6. The highest BCUT2D eigenvalue weighted by Gasteiger charge is 2.12. The highest BCUT2D eigenvalue weighted by Crippen LogP contribution is 2.26. The van der Waals surface area contributed by atoms with Crippen molar-refractivity contribution in [2.75, 3.05) is 5.32 Å². The first-order valence-corrected chi connectivity index (χ1v) is 9.41. The number of urea groups is 1. The molecule has 3 aromatic rings. The lowest BCUT2D eigenvalue weighted by atomic mass is 10.1. The van der Waals surface area contributed by atoms with Gasteiger partial charge in [0.05, 0.1) is 6.04 Å². The van der Waals surface area contributed by atoms with Gasteiger partial charge in [0.1, 0.15) is 11.5 Å². The van der Waals surface area contributed by atoms with Crippen LogP contribution >= 0.6 is 0 Å². The van der Waals surface area contributed by atoms with Crippen LogP contribution in [0.2, 0.25) is 0 Å². The molecular formula is C23H23N3O4. The van der Waals surface area contributed by atoms with Gasteiger partial charge in [0, 0.05) is 11.3 Å². The number of carbonyl (C=O) groups excluding carboxylic acids is 2. The Labute approximate surface area is 174 Å². The monoisotopic (exact) mass is 405 g/mol. The molecule has 0 aliphatic heterocycles. The van der Waals surface area contributed by atoms with Crippen LogP contribution in [-0.4, -0.2) is 17.1 Å². The van der Waals surface area contributed by atoms with E-state index >= 15 is 0 Å². The maximum atomic E-state index is 12.4. The quantitative estimate of drug-likeness (QED) is 0.350. The highest BCUT2D eigenvalue weighted by molar-refractivity contribution is 5.93. The van der Waals surface area contributed by atoms with E-state index in [-0.39, 0.29) is 12.1 Å². The molecule has 0 aromatic heterocycles. The lowest BCUT2D eigenvalue weighted by Crippen LogP contribution is -2.31. The Balaban J connectivity index is 1.59. The van der Waals surface area contributed by atoms with Gasteiger partial charge < -0.3 is 15.4 Å². The molecule has 154 valence electrons. The van der Waals surface area contributed by atoms with E-state index in [2.05, 4.69) is 10.6 Å². The van der Waals surface area contributed by atoms with E-state index in [0.717, 1.165) is 16.9 Å². The number of carbonyl (C=O) groups is 2. The zero-order chi connectivity index (χ0) is 21.5. The van der Waals surface area contributed by atoms with Crippen molar-refractivity contribution >= 4 is 17.6 Å². The van der Waals surface area contributed by atoms with Gasteiger partial charge in [0.15, 0.2) is 0 Å². The zero-order valence-corrected chi connectivity index (χ0v) is 16.7. The summed E-state index contributed by atoms with van der Waals surface area (Å²) in [6.45, 7) is 3.73. The Morgan fingerprint density at radius 3 is 2.27 bits per heavy atom. The van der Waals surface area contributed by atoms with Crippen LogP contribution in [-0.2, 0) is 0 Å². The standard InChI is InChI=1S/C23H23N3O4/c1-15-14-20(30-19-6-4-3-5-7-19)12-13-21(15)25-23(28)24-16(2)17-8-10-18(11-9-17)22(27)26-29/h3-14,16,29H,1-2H3,(H,26,27)(H2,24,25,28). The third kappa shape index (κ3) is 5.36. The predicted molar refractivity (Wildman–Crippen MR) is 114 cm³/mol. The number of anilines is 1. The van der Waals surface area contributed by atoms with Crippen LogP contribution in [0.1, 0.15) is 34.5 Å². The summed E-state index contributed by atoms with van der Waals surface area (Å²) in [5.74, 6) is 0.840. The number of amides is 3. The van der Waals surface area contributed by atoms with Crippen molar-refractivity contribution in [1.29, 1.82) is 0 Å². The van der Waals surface area contributed by atoms with Crippen molar-refractivity contribution in [3.8, 4) is 11.5 Å². The number of hydrogen-bond donors (Lipinski definition) is 4. The third-order valence-electron chi connectivity index (χ3n) is 4.55. The number of aryl methyl sites for hydroxylation is 1. The van der Waals surface area contributed by atoms with E-state index in [9.17, 15) is 9.59 Å². The first-order valence-electron chi connectivity index (χ1n) is 9.41. The molecule has 0 radical (unpaired) electrons. The minimum Gasteiger partial charge on any atom is -0.457 e. The Morgan fingerprint density at radius 1 is 0.933 bits per heavy atom. The van der Waals surface area contributed by atoms with Crippen LogP contribution in [0.25, 0.3) is 0 Å². The summed E-state index contributed by atoms with van der Waals surface area (Å²) < 4.78 is 5.80. The number of hydrogen-bond acceptors (Lipinski definition) is 4. The topological polar surface area (TPSA) is 99.7 Å². The fraction of sp³-hybridized carbons (Fsp3) is 0.130. The smallest absolute Gasteiger partial charge is 0.319 e. The molecule has 7 heteroatoms. The maximum absolute atomic E-state index is 12.4. The van der Waals surface area contributed by atoms with Crippen LogP contribution in [0.4, 0.5) is 10.5 Å². The summed E-state index contributed by atoms with van der Waals surface area (Å²) in [4.78, 5) is 23.8. The molecule has 1 atom stereocenters. The molecule has 0 fully saturated rings. The van der Waals surface area contributed by atoms with Crippen LogP contribution in [0.5, 0.6) is 11.5 Å². The SMILES string of the molecule is Cc1cc(Oc2ccccc2)ccc1NC(=O)NC(C)c1ccc(C(=O)NO)cc1. The molecule has 30 heavy (non-hydrogen) atoms. The molecule has 0 bridgehead atoms. The summed E-state index contributed by atoms with van der Waals surface area (Å²) in [6, 6.07) is 20.9. The van der Waals surface area contributed by atoms with Gasteiger partial charge in [-0.3, -0.25) is 10.0 Å². The normalized spacial score (nSPS) is 11.3.